The molecule has 0 aliphatic carbocycles. The number of rotatable bonds is 1. The van der Waals surface area contributed by atoms with E-state index in [1.54, 1.807) is 0 Å². The molecule has 1 aromatic carbocycles. The molecule has 114 valence electrons. The highest BCUT2D eigenvalue weighted by Gasteiger charge is 2.29. The van der Waals surface area contributed by atoms with Crippen LogP contribution >= 0.6 is 0 Å². The third kappa shape index (κ3) is 2.43. The maximum absolute atomic E-state index is 12.9. The maximum atomic E-state index is 12.9. The number of fused-ring (bicyclic) bond motifs is 2. The van der Waals surface area contributed by atoms with Crippen molar-refractivity contribution in [3.63, 3.8) is 0 Å². The highest BCUT2D eigenvalue weighted by atomic mass is 16.2. The molecule has 4 rings (SSSR count). The van der Waals surface area contributed by atoms with E-state index in [2.05, 4.69) is 34.3 Å². The van der Waals surface area contributed by atoms with Crippen molar-refractivity contribution in [1.29, 1.82) is 0 Å². The van der Waals surface area contributed by atoms with Gasteiger partial charge in [-0.1, -0.05) is 24.3 Å². The summed E-state index contributed by atoms with van der Waals surface area (Å²) >= 11 is 0. The quantitative estimate of drug-likeness (QED) is 0.808. The Hall–Kier alpha value is -2.10. The molecule has 1 atom stereocenters. The number of nitrogens with zero attached hydrogens (tertiary/aromatic N) is 3. The predicted molar refractivity (Wildman–Crippen MR) is 84.5 cm³/mol. The van der Waals surface area contributed by atoms with Crippen molar-refractivity contribution in [1.82, 2.24) is 14.7 Å². The summed E-state index contributed by atoms with van der Waals surface area (Å²) in [7, 11) is 0. The van der Waals surface area contributed by atoms with Gasteiger partial charge in [-0.05, 0) is 36.5 Å². The molecule has 1 amide bonds. The van der Waals surface area contributed by atoms with Gasteiger partial charge in [0.15, 0.2) is 0 Å². The molecule has 1 aromatic heterocycles. The van der Waals surface area contributed by atoms with Crippen molar-refractivity contribution in [2.24, 2.45) is 5.92 Å². The lowest BCUT2D eigenvalue weighted by molar-refractivity contribution is -0.136. The van der Waals surface area contributed by atoms with Crippen LogP contribution in [-0.4, -0.2) is 33.7 Å². The Balaban J connectivity index is 1.46. The van der Waals surface area contributed by atoms with Crippen LogP contribution in [0.2, 0.25) is 0 Å². The molecule has 0 spiro atoms. The van der Waals surface area contributed by atoms with Crippen LogP contribution in [0.3, 0.4) is 0 Å². The molecule has 2 aliphatic heterocycles. The van der Waals surface area contributed by atoms with Crippen LogP contribution in [0.25, 0.3) is 0 Å². The smallest absolute Gasteiger partial charge is 0.226 e. The first-order valence-electron chi connectivity index (χ1n) is 8.17. The molecular formula is C18H21N3O. The van der Waals surface area contributed by atoms with Gasteiger partial charge in [0.25, 0.3) is 0 Å². The van der Waals surface area contributed by atoms with Gasteiger partial charge in [0, 0.05) is 43.9 Å². The van der Waals surface area contributed by atoms with Crippen molar-refractivity contribution in [3.05, 3.63) is 53.3 Å². The lowest BCUT2D eigenvalue weighted by Crippen LogP contribution is -2.40. The molecule has 4 heteroatoms. The van der Waals surface area contributed by atoms with E-state index >= 15 is 0 Å². The topological polar surface area (TPSA) is 38.1 Å². The molecule has 0 saturated carbocycles. The lowest BCUT2D eigenvalue weighted by Gasteiger charge is -2.29. The molecule has 22 heavy (non-hydrogen) atoms. The summed E-state index contributed by atoms with van der Waals surface area (Å²) in [4.78, 5) is 15.0. The second kappa shape index (κ2) is 5.59. The molecule has 0 saturated heterocycles. The zero-order chi connectivity index (χ0) is 14.9. The van der Waals surface area contributed by atoms with E-state index in [4.69, 9.17) is 0 Å². The molecule has 2 aliphatic rings. The average molecular weight is 295 g/mol. The Morgan fingerprint density at radius 3 is 2.50 bits per heavy atom. The molecule has 0 radical (unpaired) electrons. The number of hydrogen-bond acceptors (Lipinski definition) is 2. The molecule has 0 N–H and O–H groups in total. The van der Waals surface area contributed by atoms with E-state index in [1.165, 1.54) is 16.8 Å². The summed E-state index contributed by atoms with van der Waals surface area (Å²) in [5, 5.41) is 4.30. The first-order valence-corrected chi connectivity index (χ1v) is 8.17. The van der Waals surface area contributed by atoms with Crippen LogP contribution in [0.5, 0.6) is 0 Å². The summed E-state index contributed by atoms with van der Waals surface area (Å²) < 4.78 is 2.03. The summed E-state index contributed by atoms with van der Waals surface area (Å²) in [6.45, 7) is 2.57. The first kappa shape index (κ1) is 13.6. The number of hydrogen-bond donors (Lipinski definition) is 0. The third-order valence-corrected chi connectivity index (χ3v) is 5.03. The van der Waals surface area contributed by atoms with Crippen LogP contribution in [0.15, 0.2) is 36.5 Å². The van der Waals surface area contributed by atoms with Crippen LogP contribution in [0.1, 0.15) is 23.2 Å². The average Bonchev–Trinajstić information content (AvgIpc) is 2.92. The monoisotopic (exact) mass is 295 g/mol. The van der Waals surface area contributed by atoms with Gasteiger partial charge in [-0.15, -0.1) is 0 Å². The highest BCUT2D eigenvalue weighted by molar-refractivity contribution is 5.79. The van der Waals surface area contributed by atoms with Crippen molar-refractivity contribution >= 4 is 5.91 Å². The second-order valence-corrected chi connectivity index (χ2v) is 6.33. The van der Waals surface area contributed by atoms with Gasteiger partial charge in [-0.2, -0.15) is 5.10 Å². The number of benzene rings is 1. The summed E-state index contributed by atoms with van der Waals surface area (Å²) in [6.07, 6.45) is 5.54. The zero-order valence-corrected chi connectivity index (χ0v) is 12.7. The van der Waals surface area contributed by atoms with E-state index < -0.39 is 0 Å². The lowest BCUT2D eigenvalue weighted by atomic mass is 9.94. The van der Waals surface area contributed by atoms with Gasteiger partial charge >= 0.3 is 0 Å². The molecule has 4 nitrogen and oxygen atoms in total. The standard InChI is InChI=1S/C18H21N3O/c22-18(16-8-12-21-17(13-16)5-9-19-21)20-10-6-14-3-1-2-4-15(14)7-11-20/h1-5,9,16H,6-8,10-13H2. The van der Waals surface area contributed by atoms with E-state index in [1.807, 2.05) is 16.9 Å². The summed E-state index contributed by atoms with van der Waals surface area (Å²) in [5.41, 5.74) is 4.00. The van der Waals surface area contributed by atoms with Crippen molar-refractivity contribution in [3.8, 4) is 0 Å². The first-order chi connectivity index (χ1) is 10.8. The fourth-order valence-corrected chi connectivity index (χ4v) is 3.72. The largest absolute Gasteiger partial charge is 0.342 e. The second-order valence-electron chi connectivity index (χ2n) is 6.33. The van der Waals surface area contributed by atoms with Crippen LogP contribution in [-0.2, 0) is 30.6 Å². The number of amides is 1. The highest BCUT2D eigenvalue weighted by Crippen LogP contribution is 2.23. The number of carbonyl (C=O) groups is 1. The summed E-state index contributed by atoms with van der Waals surface area (Å²) in [6, 6.07) is 10.6. The minimum Gasteiger partial charge on any atom is -0.342 e. The molecule has 0 bridgehead atoms. The number of aromatic nitrogens is 2. The summed E-state index contributed by atoms with van der Waals surface area (Å²) in [5.74, 6) is 0.464. The Kier molecular flexibility index (Phi) is 3.45. The van der Waals surface area contributed by atoms with E-state index in [0.29, 0.717) is 5.91 Å². The normalized spacial score (nSPS) is 20.9. The molecule has 3 heterocycles. The van der Waals surface area contributed by atoms with Gasteiger partial charge in [0.2, 0.25) is 5.91 Å². The van der Waals surface area contributed by atoms with E-state index in [9.17, 15) is 4.79 Å². The Bertz CT molecular complexity index is 664. The third-order valence-electron chi connectivity index (χ3n) is 5.03. The molecule has 1 unspecified atom stereocenters. The Morgan fingerprint density at radius 2 is 1.77 bits per heavy atom. The van der Waals surface area contributed by atoms with Crippen LogP contribution in [0.4, 0.5) is 0 Å². The van der Waals surface area contributed by atoms with Crippen molar-refractivity contribution in [2.75, 3.05) is 13.1 Å². The van der Waals surface area contributed by atoms with E-state index in [-0.39, 0.29) is 5.92 Å². The fourth-order valence-electron chi connectivity index (χ4n) is 3.72. The zero-order valence-electron chi connectivity index (χ0n) is 12.7. The predicted octanol–water partition coefficient (Wildman–Crippen LogP) is 2.07. The molecule has 2 aromatic rings. The minimum absolute atomic E-state index is 0.130. The van der Waals surface area contributed by atoms with Crippen molar-refractivity contribution in [2.45, 2.75) is 32.2 Å². The van der Waals surface area contributed by atoms with Gasteiger partial charge in [-0.25, -0.2) is 0 Å². The number of carbonyl (C=O) groups excluding carboxylic acids is 1. The van der Waals surface area contributed by atoms with Gasteiger partial charge in [0.05, 0.1) is 0 Å². The van der Waals surface area contributed by atoms with Gasteiger partial charge < -0.3 is 4.90 Å². The van der Waals surface area contributed by atoms with E-state index in [0.717, 1.165) is 45.3 Å². The number of aryl methyl sites for hydroxylation is 1. The molecular weight excluding hydrogens is 274 g/mol. The molecule has 0 fully saturated rings. The van der Waals surface area contributed by atoms with Gasteiger partial charge in [0.1, 0.15) is 0 Å². The Labute approximate surface area is 130 Å². The SMILES string of the molecule is O=C(C1CCn2nccc2C1)N1CCc2ccccc2CC1. The Morgan fingerprint density at radius 1 is 1.05 bits per heavy atom. The van der Waals surface area contributed by atoms with Gasteiger partial charge in [-0.3, -0.25) is 9.48 Å². The maximum Gasteiger partial charge on any atom is 0.226 e. The fraction of sp³-hybridized carbons (Fsp3) is 0.444. The van der Waals surface area contributed by atoms with Crippen LogP contribution in [0, 0.1) is 5.92 Å². The minimum atomic E-state index is 0.130. The van der Waals surface area contributed by atoms with Crippen molar-refractivity contribution < 1.29 is 4.79 Å². The van der Waals surface area contributed by atoms with Crippen LogP contribution < -0.4 is 0 Å².